The van der Waals surface area contributed by atoms with Crippen molar-refractivity contribution in [2.45, 2.75) is 72.8 Å². The molecule has 8 nitrogen and oxygen atoms in total. The zero-order valence-corrected chi connectivity index (χ0v) is 17.8. The molecule has 0 aromatic rings. The summed E-state index contributed by atoms with van der Waals surface area (Å²) in [6, 6.07) is 0. The maximum absolute atomic E-state index is 13.1. The smallest absolute Gasteiger partial charge is 0.313 e. The van der Waals surface area contributed by atoms with Crippen molar-refractivity contribution in [3.05, 3.63) is 0 Å². The first kappa shape index (κ1) is 20.0. The average molecular weight is 404 g/mol. The molecule has 4 fully saturated rings. The van der Waals surface area contributed by atoms with E-state index in [1.165, 1.54) is 0 Å². The second-order valence-corrected chi connectivity index (χ2v) is 10.6. The summed E-state index contributed by atoms with van der Waals surface area (Å²) in [5, 5.41) is 0. The summed E-state index contributed by atoms with van der Waals surface area (Å²) < 4.78 is 5.52. The van der Waals surface area contributed by atoms with E-state index in [1.807, 2.05) is 13.8 Å². The van der Waals surface area contributed by atoms with Gasteiger partial charge in [-0.1, -0.05) is 34.6 Å². The molecule has 4 aliphatic rings. The predicted molar refractivity (Wildman–Crippen MR) is 99.8 cm³/mol. The van der Waals surface area contributed by atoms with Crippen LogP contribution in [0.3, 0.4) is 0 Å². The number of hydrazine groups is 1. The number of esters is 1. The van der Waals surface area contributed by atoms with Crippen LogP contribution in [0.1, 0.15) is 67.2 Å². The number of carbonyl (C=O) groups is 5. The van der Waals surface area contributed by atoms with Gasteiger partial charge in [-0.3, -0.25) is 34.8 Å². The van der Waals surface area contributed by atoms with E-state index in [0.717, 1.165) is 0 Å². The Morgan fingerprint density at radius 3 is 1.72 bits per heavy atom. The van der Waals surface area contributed by atoms with Crippen LogP contribution in [0.25, 0.3) is 0 Å². The Kier molecular flexibility index (Phi) is 3.51. The number of rotatable bonds is 2. The van der Waals surface area contributed by atoms with Gasteiger partial charge in [-0.2, -0.15) is 0 Å². The summed E-state index contributed by atoms with van der Waals surface area (Å²) >= 11 is 0. The lowest BCUT2D eigenvalue weighted by Gasteiger charge is -2.38. The Bertz CT molecular complexity index is 907. The first-order valence-corrected chi connectivity index (χ1v) is 10.1. The highest BCUT2D eigenvalue weighted by atomic mass is 16.6. The summed E-state index contributed by atoms with van der Waals surface area (Å²) in [6.45, 7) is 10.7. The van der Waals surface area contributed by atoms with Crippen LogP contribution >= 0.6 is 0 Å². The van der Waals surface area contributed by atoms with Crippen molar-refractivity contribution < 1.29 is 28.7 Å². The minimum atomic E-state index is -1.50. The zero-order chi connectivity index (χ0) is 21.8. The quantitative estimate of drug-likeness (QED) is 0.309. The van der Waals surface area contributed by atoms with Crippen molar-refractivity contribution in [2.24, 2.45) is 27.1 Å². The molecule has 29 heavy (non-hydrogen) atoms. The van der Waals surface area contributed by atoms with E-state index >= 15 is 0 Å². The number of ether oxygens (including phenoxy) is 1. The Labute approximate surface area is 169 Å². The molecule has 4 atom stereocenters. The van der Waals surface area contributed by atoms with Crippen LogP contribution < -0.4 is 10.9 Å². The van der Waals surface area contributed by atoms with Gasteiger partial charge in [0.2, 0.25) is 11.6 Å². The normalized spacial score (nSPS) is 43.4. The van der Waals surface area contributed by atoms with Gasteiger partial charge >= 0.3 is 5.97 Å². The first-order valence-electron chi connectivity index (χ1n) is 10.1. The molecule has 0 aromatic heterocycles. The van der Waals surface area contributed by atoms with Crippen molar-refractivity contribution in [3.63, 3.8) is 0 Å². The molecule has 4 unspecified atom stereocenters. The Balaban J connectivity index is 1.57. The Morgan fingerprint density at radius 2 is 1.28 bits per heavy atom. The van der Waals surface area contributed by atoms with Gasteiger partial charge < -0.3 is 4.74 Å². The number of amides is 2. The van der Waals surface area contributed by atoms with E-state index in [-0.39, 0.29) is 6.42 Å². The molecule has 0 radical (unpaired) electrons. The summed E-state index contributed by atoms with van der Waals surface area (Å²) in [6.07, 6.45) is 1.57. The second-order valence-electron chi connectivity index (χ2n) is 10.6. The lowest BCUT2D eigenvalue weighted by atomic mass is 9.64. The third kappa shape index (κ3) is 1.73. The van der Waals surface area contributed by atoms with E-state index in [4.69, 9.17) is 4.74 Å². The molecular formula is C21H28N2O6. The first-order chi connectivity index (χ1) is 13.2. The minimum absolute atomic E-state index is 0.256. The number of hydrogen-bond acceptors (Lipinski definition) is 6. The van der Waals surface area contributed by atoms with E-state index in [1.54, 1.807) is 27.7 Å². The fourth-order valence-electron chi connectivity index (χ4n) is 6.34. The lowest BCUT2D eigenvalue weighted by Crippen LogP contribution is -2.61. The standard InChI is InChI=1S/C21H28N2O6/c1-16(2)18(5)7-9-20(16,12(25)11(18)24)13(26)22-23-14(27)21-10-8-19(6,15(28)29-21)17(21,3)4/h7-10H2,1-6H3,(H,22,26)(H,23,27). The summed E-state index contributed by atoms with van der Waals surface area (Å²) in [4.78, 5) is 63.9. The fourth-order valence-corrected chi connectivity index (χ4v) is 6.34. The van der Waals surface area contributed by atoms with Crippen LogP contribution in [-0.4, -0.2) is 35.0 Å². The fraction of sp³-hybridized carbons (Fsp3) is 0.762. The third-order valence-electron chi connectivity index (χ3n) is 9.67. The molecule has 3 aliphatic carbocycles. The van der Waals surface area contributed by atoms with Crippen molar-refractivity contribution in [2.75, 3.05) is 0 Å². The van der Waals surface area contributed by atoms with E-state index in [2.05, 4.69) is 10.9 Å². The molecule has 2 N–H and O–H groups in total. The van der Waals surface area contributed by atoms with Gasteiger partial charge in [0.25, 0.3) is 11.8 Å². The molecule has 4 rings (SSSR count). The molecule has 1 heterocycles. The topological polar surface area (TPSA) is 119 Å². The number of nitrogens with one attached hydrogen (secondary N) is 2. The van der Waals surface area contributed by atoms with Crippen molar-refractivity contribution in [1.29, 1.82) is 0 Å². The van der Waals surface area contributed by atoms with Crippen molar-refractivity contribution in [1.82, 2.24) is 10.9 Å². The summed E-state index contributed by atoms with van der Waals surface area (Å²) in [5.74, 6) is -2.93. The molecule has 2 amide bonds. The molecule has 1 saturated heterocycles. The highest BCUT2D eigenvalue weighted by Gasteiger charge is 2.78. The van der Waals surface area contributed by atoms with Crippen LogP contribution in [-0.2, 0) is 28.7 Å². The predicted octanol–water partition coefficient (Wildman–Crippen LogP) is 1.22. The number of ketones is 2. The van der Waals surface area contributed by atoms with Crippen LogP contribution in [0.15, 0.2) is 0 Å². The van der Waals surface area contributed by atoms with Gasteiger partial charge in [0.15, 0.2) is 5.60 Å². The summed E-state index contributed by atoms with van der Waals surface area (Å²) in [5.41, 5.74) is -1.38. The Hall–Kier alpha value is -2.25. The summed E-state index contributed by atoms with van der Waals surface area (Å²) in [7, 11) is 0. The van der Waals surface area contributed by atoms with E-state index in [0.29, 0.717) is 19.3 Å². The molecular weight excluding hydrogens is 376 g/mol. The van der Waals surface area contributed by atoms with Crippen LogP contribution in [0.5, 0.6) is 0 Å². The molecule has 0 aromatic carbocycles. The van der Waals surface area contributed by atoms with E-state index in [9.17, 15) is 24.0 Å². The highest BCUT2D eigenvalue weighted by Crippen LogP contribution is 2.69. The monoisotopic (exact) mass is 404 g/mol. The van der Waals surface area contributed by atoms with Gasteiger partial charge in [0.1, 0.15) is 5.41 Å². The zero-order valence-electron chi connectivity index (χ0n) is 17.8. The second kappa shape index (κ2) is 5.08. The number of carbonyl (C=O) groups excluding carboxylic acids is 5. The number of fused-ring (bicyclic) bond motifs is 4. The lowest BCUT2D eigenvalue weighted by molar-refractivity contribution is -0.169. The minimum Gasteiger partial charge on any atom is -0.448 e. The average Bonchev–Trinajstić information content (AvgIpc) is 3.09. The van der Waals surface area contributed by atoms with Gasteiger partial charge in [0, 0.05) is 10.8 Å². The SMILES string of the molecule is CC12CCC(C(=O)NNC(=O)C34CCC(C)(C(=O)C3=O)C4(C)C)(OC1=O)C2(C)C. The van der Waals surface area contributed by atoms with E-state index < -0.39 is 62.0 Å². The largest absolute Gasteiger partial charge is 0.448 e. The van der Waals surface area contributed by atoms with Gasteiger partial charge in [0.05, 0.1) is 5.41 Å². The molecule has 158 valence electrons. The number of Topliss-reactive ketones (excluding diaryl/α,β-unsaturated/α-hetero) is 2. The van der Waals surface area contributed by atoms with Crippen molar-refractivity contribution >= 4 is 29.4 Å². The molecule has 8 heteroatoms. The molecule has 1 aliphatic heterocycles. The molecule has 4 bridgehead atoms. The van der Waals surface area contributed by atoms with Crippen LogP contribution in [0.4, 0.5) is 0 Å². The van der Waals surface area contributed by atoms with Crippen LogP contribution in [0.2, 0.25) is 0 Å². The van der Waals surface area contributed by atoms with Crippen LogP contribution in [0, 0.1) is 27.1 Å². The van der Waals surface area contributed by atoms with Crippen molar-refractivity contribution in [3.8, 4) is 0 Å². The Morgan fingerprint density at radius 1 is 0.724 bits per heavy atom. The maximum Gasteiger partial charge on any atom is 0.313 e. The van der Waals surface area contributed by atoms with Gasteiger partial charge in [-0.05, 0) is 38.0 Å². The number of hydrogen-bond donors (Lipinski definition) is 2. The van der Waals surface area contributed by atoms with Gasteiger partial charge in [-0.25, -0.2) is 0 Å². The third-order valence-corrected chi connectivity index (χ3v) is 9.67. The highest BCUT2D eigenvalue weighted by molar-refractivity contribution is 6.48. The maximum atomic E-state index is 13.1. The van der Waals surface area contributed by atoms with Gasteiger partial charge in [-0.15, -0.1) is 0 Å². The molecule has 3 saturated carbocycles. The molecule has 0 spiro atoms.